The number of rotatable bonds is 2. The predicted molar refractivity (Wildman–Crippen MR) is 61.7 cm³/mol. The Hall–Kier alpha value is -0.930. The Kier molecular flexibility index (Phi) is 2.29. The molecule has 0 amide bonds. The van der Waals surface area contributed by atoms with E-state index in [1.165, 1.54) is 10.1 Å². The first-order chi connectivity index (χ1) is 6.65. The minimum absolute atomic E-state index is 0.0411. The van der Waals surface area contributed by atoms with E-state index >= 15 is 0 Å². The molecule has 0 saturated heterocycles. The van der Waals surface area contributed by atoms with Crippen molar-refractivity contribution in [3.63, 3.8) is 0 Å². The number of aromatic nitrogens is 1. The zero-order valence-electron chi connectivity index (χ0n) is 8.45. The summed E-state index contributed by atoms with van der Waals surface area (Å²) in [6.45, 7) is 4.88. The zero-order valence-corrected chi connectivity index (χ0v) is 9.27. The number of thiophene rings is 1. The van der Waals surface area contributed by atoms with Gasteiger partial charge in [-0.3, -0.25) is 4.98 Å². The molecule has 0 fully saturated rings. The van der Waals surface area contributed by atoms with E-state index in [1.54, 1.807) is 11.3 Å². The Morgan fingerprint density at radius 1 is 1.43 bits per heavy atom. The van der Waals surface area contributed by atoms with E-state index in [-0.39, 0.29) is 5.41 Å². The van der Waals surface area contributed by atoms with Gasteiger partial charge in [0.1, 0.15) is 0 Å². The summed E-state index contributed by atoms with van der Waals surface area (Å²) in [6, 6.07) is 4.18. The molecule has 2 N–H and O–H groups in total. The molecular weight excluding hydrogens is 192 g/mol. The van der Waals surface area contributed by atoms with Gasteiger partial charge in [-0.1, -0.05) is 13.8 Å². The van der Waals surface area contributed by atoms with Crippen LogP contribution in [0.25, 0.3) is 10.1 Å². The first kappa shape index (κ1) is 9.62. The van der Waals surface area contributed by atoms with Crippen LogP contribution in [0.3, 0.4) is 0 Å². The summed E-state index contributed by atoms with van der Waals surface area (Å²) in [5, 5.41) is 3.34. The normalized spacial score (nSPS) is 12.2. The maximum absolute atomic E-state index is 5.76. The highest BCUT2D eigenvalue weighted by molar-refractivity contribution is 7.17. The summed E-state index contributed by atoms with van der Waals surface area (Å²) in [7, 11) is 0. The number of fused-ring (bicyclic) bond motifs is 1. The SMILES string of the molecule is CC(C)(CN)c1nccc2sccc12. The fraction of sp³-hybridized carbons (Fsp3) is 0.364. The molecule has 0 aliphatic heterocycles. The van der Waals surface area contributed by atoms with Crippen molar-refractivity contribution in [1.82, 2.24) is 4.98 Å². The van der Waals surface area contributed by atoms with Gasteiger partial charge in [-0.15, -0.1) is 11.3 Å². The van der Waals surface area contributed by atoms with Crippen molar-refractivity contribution >= 4 is 21.4 Å². The number of hydrogen-bond acceptors (Lipinski definition) is 3. The van der Waals surface area contributed by atoms with Crippen LogP contribution in [0.4, 0.5) is 0 Å². The predicted octanol–water partition coefficient (Wildman–Crippen LogP) is 2.53. The molecule has 0 bridgehead atoms. The van der Waals surface area contributed by atoms with Crippen molar-refractivity contribution in [3.05, 3.63) is 29.4 Å². The highest BCUT2D eigenvalue weighted by Gasteiger charge is 2.22. The van der Waals surface area contributed by atoms with Crippen LogP contribution in [-0.2, 0) is 5.41 Å². The molecule has 0 spiro atoms. The number of nitrogens with two attached hydrogens (primary N) is 1. The van der Waals surface area contributed by atoms with Crippen LogP contribution in [-0.4, -0.2) is 11.5 Å². The Labute approximate surface area is 87.8 Å². The standard InChI is InChI=1S/C11H14N2S/c1-11(2,7-12)10-8-4-6-14-9(8)3-5-13-10/h3-6H,7,12H2,1-2H3. The summed E-state index contributed by atoms with van der Waals surface area (Å²) < 4.78 is 1.29. The lowest BCUT2D eigenvalue weighted by atomic mass is 9.87. The molecule has 0 saturated carbocycles. The fourth-order valence-corrected chi connectivity index (χ4v) is 2.31. The van der Waals surface area contributed by atoms with E-state index in [9.17, 15) is 0 Å². The van der Waals surface area contributed by atoms with E-state index in [2.05, 4.69) is 36.3 Å². The third-order valence-corrected chi connectivity index (χ3v) is 3.41. The molecule has 14 heavy (non-hydrogen) atoms. The van der Waals surface area contributed by atoms with Gasteiger partial charge in [-0.05, 0) is 17.5 Å². The van der Waals surface area contributed by atoms with Crippen LogP contribution in [0.5, 0.6) is 0 Å². The minimum Gasteiger partial charge on any atom is -0.330 e. The lowest BCUT2D eigenvalue weighted by Crippen LogP contribution is -2.29. The van der Waals surface area contributed by atoms with Crippen molar-refractivity contribution in [2.75, 3.05) is 6.54 Å². The monoisotopic (exact) mass is 206 g/mol. The number of hydrogen-bond donors (Lipinski definition) is 1. The molecule has 2 rings (SSSR count). The Morgan fingerprint density at radius 3 is 2.93 bits per heavy atom. The highest BCUT2D eigenvalue weighted by atomic mass is 32.1. The summed E-state index contributed by atoms with van der Waals surface area (Å²) in [5.74, 6) is 0. The molecule has 3 heteroatoms. The number of pyridine rings is 1. The van der Waals surface area contributed by atoms with E-state index in [0.29, 0.717) is 6.54 Å². The average molecular weight is 206 g/mol. The summed E-state index contributed by atoms with van der Waals surface area (Å²) >= 11 is 1.75. The molecule has 0 atom stereocenters. The van der Waals surface area contributed by atoms with Crippen molar-refractivity contribution in [2.24, 2.45) is 5.73 Å². The highest BCUT2D eigenvalue weighted by Crippen LogP contribution is 2.30. The molecule has 2 nitrogen and oxygen atoms in total. The van der Waals surface area contributed by atoms with Gasteiger partial charge in [0.25, 0.3) is 0 Å². The molecule has 2 heterocycles. The topological polar surface area (TPSA) is 38.9 Å². The van der Waals surface area contributed by atoms with E-state index in [1.807, 2.05) is 6.20 Å². The summed E-state index contributed by atoms with van der Waals surface area (Å²) in [5.41, 5.74) is 6.83. The molecular formula is C11H14N2S. The van der Waals surface area contributed by atoms with Gasteiger partial charge in [0, 0.05) is 28.2 Å². The first-order valence-electron chi connectivity index (χ1n) is 4.68. The van der Waals surface area contributed by atoms with Crippen molar-refractivity contribution in [3.8, 4) is 0 Å². The molecule has 0 aliphatic carbocycles. The van der Waals surface area contributed by atoms with E-state index in [4.69, 9.17) is 5.73 Å². The van der Waals surface area contributed by atoms with Gasteiger partial charge in [0.15, 0.2) is 0 Å². The van der Waals surface area contributed by atoms with Crippen LogP contribution >= 0.6 is 11.3 Å². The van der Waals surface area contributed by atoms with Gasteiger partial charge >= 0.3 is 0 Å². The molecule has 74 valence electrons. The second kappa shape index (κ2) is 3.33. The third-order valence-electron chi connectivity index (χ3n) is 2.53. The minimum atomic E-state index is -0.0411. The smallest absolute Gasteiger partial charge is 0.0559 e. The third kappa shape index (κ3) is 1.42. The molecule has 2 aromatic rings. The first-order valence-corrected chi connectivity index (χ1v) is 5.56. The Bertz CT molecular complexity index is 445. The maximum atomic E-state index is 5.76. The zero-order chi connectivity index (χ0) is 10.2. The number of nitrogens with zero attached hydrogens (tertiary/aromatic N) is 1. The quantitative estimate of drug-likeness (QED) is 0.820. The van der Waals surface area contributed by atoms with Crippen LogP contribution in [0.1, 0.15) is 19.5 Å². The van der Waals surface area contributed by atoms with E-state index in [0.717, 1.165) is 5.69 Å². The fourth-order valence-electron chi connectivity index (χ4n) is 1.53. The second-order valence-corrected chi connectivity index (χ2v) is 5.03. The largest absolute Gasteiger partial charge is 0.330 e. The van der Waals surface area contributed by atoms with E-state index < -0.39 is 0 Å². The van der Waals surface area contributed by atoms with Crippen molar-refractivity contribution < 1.29 is 0 Å². The Balaban J connectivity index is 2.67. The average Bonchev–Trinajstić information content (AvgIpc) is 2.64. The molecule has 2 aromatic heterocycles. The molecule has 0 aliphatic rings. The summed E-state index contributed by atoms with van der Waals surface area (Å²) in [4.78, 5) is 4.45. The van der Waals surface area contributed by atoms with Crippen molar-refractivity contribution in [2.45, 2.75) is 19.3 Å². The van der Waals surface area contributed by atoms with Crippen LogP contribution < -0.4 is 5.73 Å². The maximum Gasteiger partial charge on any atom is 0.0559 e. The van der Waals surface area contributed by atoms with Gasteiger partial charge in [0.05, 0.1) is 5.69 Å². The van der Waals surface area contributed by atoms with Crippen LogP contribution in [0, 0.1) is 0 Å². The molecule has 0 aromatic carbocycles. The molecule has 0 unspecified atom stereocenters. The Morgan fingerprint density at radius 2 is 2.21 bits per heavy atom. The molecule has 0 radical (unpaired) electrons. The van der Waals surface area contributed by atoms with Gasteiger partial charge in [-0.2, -0.15) is 0 Å². The van der Waals surface area contributed by atoms with Crippen LogP contribution in [0.2, 0.25) is 0 Å². The van der Waals surface area contributed by atoms with Gasteiger partial charge in [-0.25, -0.2) is 0 Å². The lowest BCUT2D eigenvalue weighted by molar-refractivity contribution is 0.527. The lowest BCUT2D eigenvalue weighted by Gasteiger charge is -2.22. The van der Waals surface area contributed by atoms with Gasteiger partial charge < -0.3 is 5.73 Å². The second-order valence-electron chi connectivity index (χ2n) is 4.08. The van der Waals surface area contributed by atoms with Crippen molar-refractivity contribution in [1.29, 1.82) is 0 Å². The van der Waals surface area contributed by atoms with Crippen LogP contribution in [0.15, 0.2) is 23.7 Å². The summed E-state index contributed by atoms with van der Waals surface area (Å²) in [6.07, 6.45) is 1.87. The van der Waals surface area contributed by atoms with Gasteiger partial charge in [0.2, 0.25) is 0 Å².